The molecule has 0 aliphatic carbocycles. The summed E-state index contributed by atoms with van der Waals surface area (Å²) in [6.45, 7) is 4.78. The monoisotopic (exact) mass is 353 g/mol. The van der Waals surface area contributed by atoms with Crippen molar-refractivity contribution in [2.24, 2.45) is 0 Å². The predicted octanol–water partition coefficient (Wildman–Crippen LogP) is 2.46. The summed E-state index contributed by atoms with van der Waals surface area (Å²) in [5.41, 5.74) is 8.49. The number of aromatic nitrogens is 5. The first-order valence-corrected chi connectivity index (χ1v) is 8.55. The van der Waals surface area contributed by atoms with Gasteiger partial charge in [0.15, 0.2) is 5.76 Å². The van der Waals surface area contributed by atoms with E-state index in [1.54, 1.807) is 7.11 Å². The highest BCUT2D eigenvalue weighted by atomic mass is 16.5. The quantitative estimate of drug-likeness (QED) is 0.629. The molecule has 136 valence electrons. The zero-order valence-electron chi connectivity index (χ0n) is 15.2. The Morgan fingerprint density at radius 1 is 1.23 bits per heavy atom. The van der Waals surface area contributed by atoms with Crippen molar-refractivity contribution in [2.45, 2.75) is 26.7 Å². The molecule has 0 unspecified atom stereocenters. The fraction of sp³-hybridized carbons (Fsp3) is 0.333. The second-order valence-electron chi connectivity index (χ2n) is 5.90. The molecule has 0 saturated carbocycles. The van der Waals surface area contributed by atoms with Crippen molar-refractivity contribution < 1.29 is 4.74 Å². The number of fused-ring (bicyclic) bond motifs is 1. The molecule has 3 rings (SSSR count). The molecule has 0 spiro atoms. The van der Waals surface area contributed by atoms with Gasteiger partial charge >= 0.3 is 0 Å². The van der Waals surface area contributed by atoms with Crippen molar-refractivity contribution in [3.8, 4) is 0 Å². The summed E-state index contributed by atoms with van der Waals surface area (Å²) >= 11 is 0. The van der Waals surface area contributed by atoms with Gasteiger partial charge in [-0.25, -0.2) is 0 Å². The van der Waals surface area contributed by atoms with Crippen molar-refractivity contribution in [3.63, 3.8) is 0 Å². The van der Waals surface area contributed by atoms with Crippen LogP contribution >= 0.6 is 0 Å². The van der Waals surface area contributed by atoms with Gasteiger partial charge in [-0.1, -0.05) is 36.8 Å². The Labute approximate surface area is 152 Å². The second kappa shape index (κ2) is 7.81. The average molecular weight is 353 g/mol. The highest BCUT2D eigenvalue weighted by molar-refractivity contribution is 5.55. The molecule has 1 aromatic carbocycles. The van der Waals surface area contributed by atoms with Crippen LogP contribution in [-0.4, -0.2) is 38.2 Å². The third-order valence-corrected chi connectivity index (χ3v) is 3.88. The number of nitrogens with two attached hydrogens (primary N) is 1. The molecule has 0 bridgehead atoms. The number of hydrogen-bond donors (Lipinski definition) is 2. The van der Waals surface area contributed by atoms with Gasteiger partial charge in [-0.05, 0) is 31.4 Å². The molecule has 0 saturated heterocycles. The Bertz CT molecular complexity index is 915. The molecule has 8 heteroatoms. The predicted molar refractivity (Wildman–Crippen MR) is 102 cm³/mol. The minimum absolute atomic E-state index is 0.221. The molecule has 0 fully saturated rings. The number of benzene rings is 1. The number of aryl methyl sites for hydroxylation is 1. The van der Waals surface area contributed by atoms with Crippen LogP contribution in [0.25, 0.3) is 11.5 Å². The summed E-state index contributed by atoms with van der Waals surface area (Å²) in [4.78, 5) is 13.0. The lowest BCUT2D eigenvalue weighted by molar-refractivity contribution is 0.365. The summed E-state index contributed by atoms with van der Waals surface area (Å²) in [6.07, 6.45) is 3.57. The van der Waals surface area contributed by atoms with E-state index in [2.05, 4.69) is 56.6 Å². The first-order valence-electron chi connectivity index (χ1n) is 8.55. The molecule has 0 aliphatic rings. The number of anilines is 2. The number of methoxy groups -OCH3 is 1. The first kappa shape index (κ1) is 17.7. The van der Waals surface area contributed by atoms with Crippen LogP contribution in [0.5, 0.6) is 0 Å². The Kier molecular flexibility index (Phi) is 5.31. The van der Waals surface area contributed by atoms with Crippen molar-refractivity contribution in [1.82, 2.24) is 24.6 Å². The van der Waals surface area contributed by atoms with Gasteiger partial charge in [-0.15, -0.1) is 5.10 Å². The maximum atomic E-state index is 5.99. The smallest absolute Gasteiger partial charge is 0.259 e. The van der Waals surface area contributed by atoms with Crippen molar-refractivity contribution in [2.75, 3.05) is 24.7 Å². The van der Waals surface area contributed by atoms with Gasteiger partial charge in [0.05, 0.1) is 7.11 Å². The van der Waals surface area contributed by atoms with E-state index < -0.39 is 0 Å². The van der Waals surface area contributed by atoms with Crippen LogP contribution in [0.15, 0.2) is 30.3 Å². The highest BCUT2D eigenvalue weighted by Gasteiger charge is 2.14. The molecule has 0 amide bonds. The Morgan fingerprint density at radius 2 is 2.00 bits per heavy atom. The summed E-state index contributed by atoms with van der Waals surface area (Å²) in [5, 5.41) is 7.50. The fourth-order valence-electron chi connectivity index (χ4n) is 2.51. The highest BCUT2D eigenvalue weighted by Crippen LogP contribution is 2.15. The van der Waals surface area contributed by atoms with E-state index in [-0.39, 0.29) is 5.95 Å². The van der Waals surface area contributed by atoms with Crippen molar-refractivity contribution >= 4 is 23.4 Å². The SMILES string of the molecule is CC/C=C(\OC)c1nc2nc(NCCc3ccc(C)cc3)nc(N)n2n1. The van der Waals surface area contributed by atoms with Gasteiger partial charge in [0.1, 0.15) is 0 Å². The van der Waals surface area contributed by atoms with Gasteiger partial charge in [0.2, 0.25) is 17.7 Å². The minimum Gasteiger partial charge on any atom is -0.493 e. The molecule has 2 heterocycles. The van der Waals surface area contributed by atoms with Crippen LogP contribution in [0.2, 0.25) is 0 Å². The summed E-state index contributed by atoms with van der Waals surface area (Å²) in [5.74, 6) is 2.06. The van der Waals surface area contributed by atoms with Gasteiger partial charge in [0, 0.05) is 6.54 Å². The lowest BCUT2D eigenvalue weighted by atomic mass is 10.1. The molecule has 26 heavy (non-hydrogen) atoms. The Balaban J connectivity index is 1.75. The van der Waals surface area contributed by atoms with Crippen LogP contribution in [-0.2, 0) is 11.2 Å². The Hall–Kier alpha value is -3.16. The molecule has 0 atom stereocenters. The van der Waals surface area contributed by atoms with E-state index in [9.17, 15) is 0 Å². The number of ether oxygens (including phenoxy) is 1. The number of nitrogen functional groups attached to an aromatic ring is 1. The second-order valence-corrected chi connectivity index (χ2v) is 5.90. The van der Waals surface area contributed by atoms with E-state index >= 15 is 0 Å². The summed E-state index contributed by atoms with van der Waals surface area (Å²) in [6, 6.07) is 8.44. The largest absolute Gasteiger partial charge is 0.493 e. The molecule has 3 N–H and O–H groups in total. The lowest BCUT2D eigenvalue weighted by Crippen LogP contribution is -2.12. The van der Waals surface area contributed by atoms with Crippen LogP contribution in [0.4, 0.5) is 11.9 Å². The van der Waals surface area contributed by atoms with Crippen LogP contribution in [0.1, 0.15) is 30.3 Å². The zero-order chi connectivity index (χ0) is 18.5. The standard InChI is InChI=1S/C18H23N7O/c1-4-5-14(26-3)15-21-18-23-17(22-16(19)25(18)24-15)20-11-10-13-8-6-12(2)7-9-13/h5-9H,4,10-11H2,1-3H3,(H3,19,20,21,22,23,24)/b14-5-. The first-order chi connectivity index (χ1) is 12.6. The molecule has 0 aliphatic heterocycles. The molecule has 8 nitrogen and oxygen atoms in total. The number of rotatable bonds is 7. The maximum Gasteiger partial charge on any atom is 0.259 e. The van der Waals surface area contributed by atoms with Gasteiger partial charge in [-0.3, -0.25) is 0 Å². The van der Waals surface area contributed by atoms with Gasteiger partial charge < -0.3 is 15.8 Å². The van der Waals surface area contributed by atoms with Crippen LogP contribution in [0.3, 0.4) is 0 Å². The van der Waals surface area contributed by atoms with E-state index in [1.165, 1.54) is 15.6 Å². The third kappa shape index (κ3) is 3.90. The third-order valence-electron chi connectivity index (χ3n) is 3.88. The number of hydrogen-bond acceptors (Lipinski definition) is 7. The number of nitrogens with zero attached hydrogens (tertiary/aromatic N) is 5. The summed E-state index contributed by atoms with van der Waals surface area (Å²) < 4.78 is 6.72. The lowest BCUT2D eigenvalue weighted by Gasteiger charge is -2.06. The zero-order valence-corrected chi connectivity index (χ0v) is 15.2. The van der Waals surface area contributed by atoms with E-state index in [0.717, 1.165) is 12.8 Å². The van der Waals surface area contributed by atoms with Gasteiger partial charge in [-0.2, -0.15) is 19.5 Å². The molecular weight excluding hydrogens is 330 g/mol. The molecule has 3 aromatic rings. The fourth-order valence-corrected chi connectivity index (χ4v) is 2.51. The molecular formula is C18H23N7O. The molecule has 2 aromatic heterocycles. The van der Waals surface area contributed by atoms with E-state index in [1.807, 2.05) is 13.0 Å². The Morgan fingerprint density at radius 3 is 2.69 bits per heavy atom. The van der Waals surface area contributed by atoms with Crippen LogP contribution in [0, 0.1) is 6.92 Å². The van der Waals surface area contributed by atoms with Crippen molar-refractivity contribution in [1.29, 1.82) is 0 Å². The number of nitrogens with one attached hydrogen (secondary N) is 1. The van der Waals surface area contributed by atoms with Crippen LogP contribution < -0.4 is 11.1 Å². The molecule has 0 radical (unpaired) electrons. The summed E-state index contributed by atoms with van der Waals surface area (Å²) in [7, 11) is 1.58. The average Bonchev–Trinajstić information content (AvgIpc) is 3.06. The van der Waals surface area contributed by atoms with E-state index in [0.29, 0.717) is 29.9 Å². The van der Waals surface area contributed by atoms with Crippen molar-refractivity contribution in [3.05, 3.63) is 47.3 Å². The normalized spacial score (nSPS) is 11.7. The number of allylic oxidation sites excluding steroid dienone is 1. The van der Waals surface area contributed by atoms with Gasteiger partial charge in [0.25, 0.3) is 5.78 Å². The maximum absolute atomic E-state index is 5.99. The minimum atomic E-state index is 0.221. The van der Waals surface area contributed by atoms with E-state index in [4.69, 9.17) is 10.5 Å². The topological polar surface area (TPSA) is 103 Å².